The maximum Gasteiger partial charge on any atom is 0.199 e. The minimum Gasteiger partial charge on any atom is -0.444 e. The van der Waals surface area contributed by atoms with Crippen LogP contribution in [0.5, 0.6) is 0 Å². The molecule has 0 aliphatic heterocycles. The number of furan rings is 1. The van der Waals surface area contributed by atoms with Crippen molar-refractivity contribution in [2.24, 2.45) is 0 Å². The molecule has 0 aliphatic rings. The molecule has 1 N–H and O–H groups in total. The first kappa shape index (κ1) is 12.4. The first-order valence-electron chi connectivity index (χ1n) is 5.54. The van der Waals surface area contributed by atoms with Gasteiger partial charge in [-0.05, 0) is 38.4 Å². The zero-order chi connectivity index (χ0) is 12.5. The molecule has 2 rings (SSSR count). The summed E-state index contributed by atoms with van der Waals surface area (Å²) in [7, 11) is 0. The van der Waals surface area contributed by atoms with E-state index in [1.807, 2.05) is 45.0 Å². The van der Waals surface area contributed by atoms with Gasteiger partial charge in [-0.1, -0.05) is 18.2 Å². The van der Waals surface area contributed by atoms with E-state index in [1.165, 1.54) is 0 Å². The van der Waals surface area contributed by atoms with Gasteiger partial charge in [0.05, 0.1) is 12.1 Å². The molecule has 0 spiro atoms. The fourth-order valence-electron chi connectivity index (χ4n) is 1.56. The average molecular weight is 254 g/mol. The third-order valence-corrected chi connectivity index (χ3v) is 2.58. The van der Waals surface area contributed by atoms with E-state index < -0.39 is 0 Å². The number of hydrogen-bond donors (Lipinski definition) is 1. The van der Waals surface area contributed by atoms with E-state index in [0.717, 1.165) is 16.5 Å². The minimum absolute atomic E-state index is 0.230. The highest BCUT2D eigenvalue weighted by Gasteiger charge is 2.14. The third-order valence-electron chi connectivity index (χ3n) is 2.28. The van der Waals surface area contributed by atoms with Gasteiger partial charge in [-0.15, -0.1) is 0 Å². The Morgan fingerprint density at radius 3 is 2.71 bits per heavy atom. The van der Waals surface area contributed by atoms with Gasteiger partial charge < -0.3 is 4.42 Å². The van der Waals surface area contributed by atoms with Crippen LogP contribution in [-0.4, -0.2) is 5.60 Å². The number of para-hydroxylation sites is 1. The van der Waals surface area contributed by atoms with Crippen LogP contribution in [0.25, 0.3) is 11.0 Å². The maximum atomic E-state index is 6.06. The molecule has 1 heterocycles. The van der Waals surface area contributed by atoms with Gasteiger partial charge in [0.2, 0.25) is 0 Å². The van der Waals surface area contributed by atoms with Crippen LogP contribution in [0, 0.1) is 0 Å². The molecule has 0 atom stereocenters. The van der Waals surface area contributed by atoms with Crippen molar-refractivity contribution < 1.29 is 9.25 Å². The molecule has 0 unspecified atom stereocenters. The molecule has 1 aromatic carbocycles. The molecule has 0 amide bonds. The van der Waals surface area contributed by atoms with Crippen molar-refractivity contribution in [2.45, 2.75) is 32.9 Å². The fraction of sp³-hybridized carbons (Fsp3) is 0.385. The molecule has 17 heavy (non-hydrogen) atoms. The van der Waals surface area contributed by atoms with Crippen LogP contribution in [0.3, 0.4) is 0 Å². The second-order valence-corrected chi connectivity index (χ2v) is 5.23. The Morgan fingerprint density at radius 1 is 1.29 bits per heavy atom. The number of hydroxylamine groups is 1. The molecule has 1 aromatic heterocycles. The van der Waals surface area contributed by atoms with E-state index in [9.17, 15) is 0 Å². The normalized spacial score (nSPS) is 12.2. The highest BCUT2D eigenvalue weighted by Crippen LogP contribution is 2.29. The van der Waals surface area contributed by atoms with Crippen molar-refractivity contribution in [2.75, 3.05) is 0 Å². The Labute approximate surface area is 106 Å². The summed E-state index contributed by atoms with van der Waals surface area (Å²) in [4.78, 5) is 5.46. The molecule has 4 heteroatoms. The smallest absolute Gasteiger partial charge is 0.199 e. The van der Waals surface area contributed by atoms with Crippen molar-refractivity contribution in [3.05, 3.63) is 35.0 Å². The Kier molecular flexibility index (Phi) is 3.43. The number of fused-ring (bicyclic) bond motifs is 1. The zero-order valence-corrected chi connectivity index (χ0v) is 11.0. The van der Waals surface area contributed by atoms with E-state index in [-0.39, 0.29) is 5.60 Å². The first-order chi connectivity index (χ1) is 7.97. The second-order valence-electron chi connectivity index (χ2n) is 4.89. The van der Waals surface area contributed by atoms with Crippen LogP contribution in [0.2, 0.25) is 5.22 Å². The monoisotopic (exact) mass is 253 g/mol. The quantitative estimate of drug-likeness (QED) is 0.843. The summed E-state index contributed by atoms with van der Waals surface area (Å²) in [6.07, 6.45) is 0. The summed E-state index contributed by atoms with van der Waals surface area (Å²) in [6.45, 7) is 6.46. The van der Waals surface area contributed by atoms with Crippen LogP contribution < -0.4 is 5.48 Å². The molecule has 0 radical (unpaired) electrons. The van der Waals surface area contributed by atoms with Gasteiger partial charge >= 0.3 is 0 Å². The first-order valence-corrected chi connectivity index (χ1v) is 5.92. The Hall–Kier alpha value is -1.03. The summed E-state index contributed by atoms with van der Waals surface area (Å²) >= 11 is 6.06. The topological polar surface area (TPSA) is 34.4 Å². The highest BCUT2D eigenvalue weighted by atomic mass is 35.5. The predicted octanol–water partition coefficient (Wildman–Crippen LogP) is 3.91. The van der Waals surface area contributed by atoms with E-state index in [4.69, 9.17) is 20.9 Å². The molecular weight excluding hydrogens is 238 g/mol. The van der Waals surface area contributed by atoms with Crippen LogP contribution >= 0.6 is 11.6 Å². The summed E-state index contributed by atoms with van der Waals surface area (Å²) in [5.41, 5.74) is 4.41. The maximum absolute atomic E-state index is 6.06. The van der Waals surface area contributed by atoms with Crippen LogP contribution in [-0.2, 0) is 11.4 Å². The van der Waals surface area contributed by atoms with E-state index in [2.05, 4.69) is 5.48 Å². The molecule has 0 aliphatic carbocycles. The van der Waals surface area contributed by atoms with Gasteiger partial charge in [0.25, 0.3) is 0 Å². The number of hydrogen-bond acceptors (Lipinski definition) is 3. The SMILES string of the molecule is CC(C)(C)ONCc1c(Cl)oc2ccccc12. The Morgan fingerprint density at radius 2 is 2.00 bits per heavy atom. The predicted molar refractivity (Wildman–Crippen MR) is 68.9 cm³/mol. The lowest BCUT2D eigenvalue weighted by Gasteiger charge is -2.19. The van der Waals surface area contributed by atoms with Gasteiger partial charge in [0.1, 0.15) is 5.58 Å². The molecule has 0 bridgehead atoms. The van der Waals surface area contributed by atoms with Crippen LogP contribution in [0.15, 0.2) is 28.7 Å². The van der Waals surface area contributed by atoms with Crippen LogP contribution in [0.1, 0.15) is 26.3 Å². The molecule has 0 saturated carbocycles. The van der Waals surface area contributed by atoms with Gasteiger partial charge in [-0.3, -0.25) is 4.84 Å². The third kappa shape index (κ3) is 3.00. The van der Waals surface area contributed by atoms with Crippen molar-refractivity contribution >= 4 is 22.6 Å². The molecular formula is C13H16ClNO2. The lowest BCUT2D eigenvalue weighted by atomic mass is 10.2. The molecule has 0 saturated heterocycles. The summed E-state index contributed by atoms with van der Waals surface area (Å²) in [6, 6.07) is 7.77. The lowest BCUT2D eigenvalue weighted by Crippen LogP contribution is -2.28. The molecule has 92 valence electrons. The van der Waals surface area contributed by atoms with Gasteiger partial charge in [-0.25, -0.2) is 0 Å². The largest absolute Gasteiger partial charge is 0.444 e. The van der Waals surface area contributed by atoms with E-state index in [0.29, 0.717) is 11.8 Å². The number of benzene rings is 1. The summed E-state index contributed by atoms with van der Waals surface area (Å²) < 4.78 is 5.45. The van der Waals surface area contributed by atoms with Gasteiger partial charge in [0.15, 0.2) is 5.22 Å². The Bertz CT molecular complexity index is 514. The minimum atomic E-state index is -0.230. The van der Waals surface area contributed by atoms with Crippen molar-refractivity contribution in [1.82, 2.24) is 5.48 Å². The highest BCUT2D eigenvalue weighted by molar-refractivity contribution is 6.30. The summed E-state index contributed by atoms with van der Waals surface area (Å²) in [5, 5.41) is 1.43. The molecule has 3 nitrogen and oxygen atoms in total. The van der Waals surface area contributed by atoms with E-state index in [1.54, 1.807) is 0 Å². The average Bonchev–Trinajstić information content (AvgIpc) is 2.54. The molecule has 0 fully saturated rings. The zero-order valence-electron chi connectivity index (χ0n) is 10.2. The van der Waals surface area contributed by atoms with Crippen molar-refractivity contribution in [1.29, 1.82) is 0 Å². The second kappa shape index (κ2) is 4.69. The number of rotatable bonds is 3. The van der Waals surface area contributed by atoms with Crippen molar-refractivity contribution in [3.8, 4) is 0 Å². The lowest BCUT2D eigenvalue weighted by molar-refractivity contribution is -0.0756. The molecule has 2 aromatic rings. The number of nitrogens with one attached hydrogen (secondary N) is 1. The van der Waals surface area contributed by atoms with Crippen LogP contribution in [0.4, 0.5) is 0 Å². The van der Waals surface area contributed by atoms with Crippen molar-refractivity contribution in [3.63, 3.8) is 0 Å². The van der Waals surface area contributed by atoms with E-state index >= 15 is 0 Å². The summed E-state index contributed by atoms with van der Waals surface area (Å²) in [5.74, 6) is 0. The standard InChI is InChI=1S/C13H16ClNO2/c1-13(2,3)17-15-8-10-9-6-4-5-7-11(9)16-12(10)14/h4-7,15H,8H2,1-3H3. The Balaban J connectivity index is 2.15. The number of halogens is 1. The van der Waals surface area contributed by atoms with Gasteiger partial charge in [0, 0.05) is 10.9 Å². The van der Waals surface area contributed by atoms with Gasteiger partial charge in [-0.2, -0.15) is 5.48 Å². The fourth-order valence-corrected chi connectivity index (χ4v) is 1.81.